The van der Waals surface area contributed by atoms with Gasteiger partial charge < -0.3 is 10.1 Å². The molecule has 2 aromatic rings. The van der Waals surface area contributed by atoms with E-state index in [0.717, 1.165) is 18.6 Å². The predicted molar refractivity (Wildman–Crippen MR) is 74.4 cm³/mol. The number of likely N-dealkylation sites (N-methyl/N-ethyl adjacent to an activating group) is 1. The van der Waals surface area contributed by atoms with E-state index < -0.39 is 0 Å². The van der Waals surface area contributed by atoms with Gasteiger partial charge in [-0.3, -0.25) is 4.68 Å². The van der Waals surface area contributed by atoms with E-state index in [2.05, 4.69) is 27.2 Å². The van der Waals surface area contributed by atoms with E-state index in [1.165, 1.54) is 11.1 Å². The second-order valence-corrected chi connectivity index (χ2v) is 4.92. The van der Waals surface area contributed by atoms with Crippen LogP contribution in [0.4, 0.5) is 0 Å². The summed E-state index contributed by atoms with van der Waals surface area (Å²) in [5.74, 6) is 0.936. The van der Waals surface area contributed by atoms with Crippen LogP contribution in [0.1, 0.15) is 29.6 Å². The Hall–Kier alpha value is -1.81. The maximum Gasteiger partial charge on any atom is 0.119 e. The zero-order valence-electron chi connectivity index (χ0n) is 11.3. The largest absolute Gasteiger partial charge is 0.497 e. The smallest absolute Gasteiger partial charge is 0.119 e. The summed E-state index contributed by atoms with van der Waals surface area (Å²) in [5.41, 5.74) is 2.73. The summed E-state index contributed by atoms with van der Waals surface area (Å²) in [7, 11) is 3.73. The number of ether oxygens (including phenoxy) is 1. The number of rotatable bonds is 3. The van der Waals surface area contributed by atoms with Crippen LogP contribution in [0.25, 0.3) is 0 Å². The quantitative estimate of drug-likeness (QED) is 0.917. The first kappa shape index (κ1) is 12.2. The molecule has 1 aliphatic rings. The fraction of sp³-hybridized carbons (Fsp3) is 0.400. The molecule has 0 radical (unpaired) electrons. The van der Waals surface area contributed by atoms with Crippen LogP contribution < -0.4 is 10.1 Å². The number of hydrogen-bond donors (Lipinski definition) is 1. The number of methoxy groups -OCH3 is 1. The molecule has 2 unspecified atom stereocenters. The van der Waals surface area contributed by atoms with Crippen LogP contribution in [-0.2, 0) is 6.42 Å². The average molecular weight is 257 g/mol. The van der Waals surface area contributed by atoms with Gasteiger partial charge in [-0.2, -0.15) is 5.10 Å². The summed E-state index contributed by atoms with van der Waals surface area (Å²) < 4.78 is 7.37. The Balaban J connectivity index is 1.98. The van der Waals surface area contributed by atoms with Crippen LogP contribution >= 0.6 is 0 Å². The Labute approximate surface area is 113 Å². The molecule has 100 valence electrons. The van der Waals surface area contributed by atoms with Crippen LogP contribution in [0.2, 0.25) is 0 Å². The Kier molecular flexibility index (Phi) is 3.25. The van der Waals surface area contributed by atoms with Gasteiger partial charge in [0.2, 0.25) is 0 Å². The van der Waals surface area contributed by atoms with Crippen LogP contribution in [0.15, 0.2) is 36.7 Å². The standard InChI is InChI=1S/C15H19N3O/c1-16-15-13-6-5-12(19-2)10-11(13)4-7-14(15)18-9-3-8-17-18/h3,5-6,8-10,14-16H,4,7H2,1-2H3. The highest BCUT2D eigenvalue weighted by Gasteiger charge is 2.30. The van der Waals surface area contributed by atoms with Crippen molar-refractivity contribution >= 4 is 0 Å². The summed E-state index contributed by atoms with van der Waals surface area (Å²) in [5, 5.41) is 7.83. The summed E-state index contributed by atoms with van der Waals surface area (Å²) in [6.07, 6.45) is 6.04. The van der Waals surface area contributed by atoms with E-state index in [9.17, 15) is 0 Å². The van der Waals surface area contributed by atoms with E-state index in [-0.39, 0.29) is 0 Å². The van der Waals surface area contributed by atoms with E-state index in [0.29, 0.717) is 12.1 Å². The summed E-state index contributed by atoms with van der Waals surface area (Å²) in [6, 6.07) is 9.02. The molecule has 1 heterocycles. The van der Waals surface area contributed by atoms with E-state index in [1.54, 1.807) is 7.11 Å². The monoisotopic (exact) mass is 257 g/mol. The fourth-order valence-corrected chi connectivity index (χ4v) is 3.02. The molecule has 0 saturated heterocycles. The minimum absolute atomic E-state index is 0.301. The van der Waals surface area contributed by atoms with Gasteiger partial charge in [-0.05, 0) is 49.2 Å². The molecule has 2 atom stereocenters. The molecule has 1 aromatic carbocycles. The molecule has 1 N–H and O–H groups in total. The number of hydrogen-bond acceptors (Lipinski definition) is 3. The first-order valence-corrected chi connectivity index (χ1v) is 6.66. The van der Waals surface area contributed by atoms with Gasteiger partial charge in [0.15, 0.2) is 0 Å². The molecule has 0 fully saturated rings. The van der Waals surface area contributed by atoms with E-state index in [1.807, 2.05) is 31.6 Å². The average Bonchev–Trinajstić information content (AvgIpc) is 2.99. The topological polar surface area (TPSA) is 39.1 Å². The molecular weight excluding hydrogens is 238 g/mol. The SMILES string of the molecule is CNC1c2ccc(OC)cc2CCC1n1cccn1. The molecule has 1 aliphatic carbocycles. The van der Waals surface area contributed by atoms with Gasteiger partial charge in [0.25, 0.3) is 0 Å². The second kappa shape index (κ2) is 5.05. The van der Waals surface area contributed by atoms with Gasteiger partial charge in [-0.25, -0.2) is 0 Å². The van der Waals surface area contributed by atoms with Crippen molar-refractivity contribution in [1.29, 1.82) is 0 Å². The number of aryl methyl sites for hydroxylation is 1. The molecule has 3 rings (SSSR count). The lowest BCUT2D eigenvalue weighted by molar-refractivity contribution is 0.308. The third-order valence-electron chi connectivity index (χ3n) is 3.96. The molecule has 0 spiro atoms. The fourth-order valence-electron chi connectivity index (χ4n) is 3.02. The number of nitrogens with one attached hydrogen (secondary N) is 1. The highest BCUT2D eigenvalue weighted by Crippen LogP contribution is 2.38. The van der Waals surface area contributed by atoms with Crippen molar-refractivity contribution in [2.24, 2.45) is 0 Å². The van der Waals surface area contributed by atoms with Gasteiger partial charge in [0.1, 0.15) is 5.75 Å². The lowest BCUT2D eigenvalue weighted by Gasteiger charge is -2.33. The number of benzene rings is 1. The van der Waals surface area contributed by atoms with Crippen LogP contribution in [0.5, 0.6) is 5.75 Å². The second-order valence-electron chi connectivity index (χ2n) is 4.92. The van der Waals surface area contributed by atoms with Crippen molar-refractivity contribution in [3.8, 4) is 5.75 Å². The molecule has 19 heavy (non-hydrogen) atoms. The summed E-state index contributed by atoms with van der Waals surface area (Å²) in [4.78, 5) is 0. The van der Waals surface area contributed by atoms with Crippen molar-refractivity contribution in [3.63, 3.8) is 0 Å². The van der Waals surface area contributed by atoms with Crippen molar-refractivity contribution in [1.82, 2.24) is 15.1 Å². The van der Waals surface area contributed by atoms with Gasteiger partial charge in [-0.1, -0.05) is 6.07 Å². The normalized spacial score (nSPS) is 22.0. The Morgan fingerprint density at radius 2 is 2.32 bits per heavy atom. The highest BCUT2D eigenvalue weighted by atomic mass is 16.5. The van der Waals surface area contributed by atoms with Crippen LogP contribution in [0, 0.1) is 0 Å². The lowest BCUT2D eigenvalue weighted by atomic mass is 9.84. The lowest BCUT2D eigenvalue weighted by Crippen LogP contribution is -2.32. The van der Waals surface area contributed by atoms with Gasteiger partial charge >= 0.3 is 0 Å². The third kappa shape index (κ3) is 2.12. The van der Waals surface area contributed by atoms with Crippen molar-refractivity contribution in [2.45, 2.75) is 24.9 Å². The van der Waals surface area contributed by atoms with E-state index in [4.69, 9.17) is 4.74 Å². The first-order chi connectivity index (χ1) is 9.33. The third-order valence-corrected chi connectivity index (χ3v) is 3.96. The van der Waals surface area contributed by atoms with Crippen molar-refractivity contribution in [2.75, 3.05) is 14.2 Å². The van der Waals surface area contributed by atoms with Gasteiger partial charge in [0.05, 0.1) is 19.2 Å². The number of fused-ring (bicyclic) bond motifs is 1. The van der Waals surface area contributed by atoms with Crippen molar-refractivity contribution in [3.05, 3.63) is 47.8 Å². The molecule has 4 nitrogen and oxygen atoms in total. The van der Waals surface area contributed by atoms with Crippen LogP contribution in [-0.4, -0.2) is 23.9 Å². The Bertz CT molecular complexity index is 551. The zero-order chi connectivity index (χ0) is 13.2. The maximum atomic E-state index is 5.31. The highest BCUT2D eigenvalue weighted by molar-refractivity contribution is 5.39. The summed E-state index contributed by atoms with van der Waals surface area (Å²) in [6.45, 7) is 0. The molecule has 0 amide bonds. The predicted octanol–water partition coefficient (Wildman–Crippen LogP) is 2.34. The molecule has 0 saturated carbocycles. The Morgan fingerprint density at radius 1 is 1.42 bits per heavy atom. The zero-order valence-corrected chi connectivity index (χ0v) is 11.3. The maximum absolute atomic E-state index is 5.31. The minimum atomic E-state index is 0.301. The number of nitrogens with zero attached hydrogens (tertiary/aromatic N) is 2. The molecule has 4 heteroatoms. The molecular formula is C15H19N3O. The summed E-state index contributed by atoms with van der Waals surface area (Å²) >= 11 is 0. The molecule has 1 aromatic heterocycles. The van der Waals surface area contributed by atoms with Gasteiger partial charge in [0, 0.05) is 12.4 Å². The van der Waals surface area contributed by atoms with Crippen molar-refractivity contribution < 1.29 is 4.74 Å². The van der Waals surface area contributed by atoms with Crippen LogP contribution in [0.3, 0.4) is 0 Å². The Morgan fingerprint density at radius 3 is 3.00 bits per heavy atom. The van der Waals surface area contributed by atoms with E-state index >= 15 is 0 Å². The molecule has 0 aliphatic heterocycles. The minimum Gasteiger partial charge on any atom is -0.497 e. The first-order valence-electron chi connectivity index (χ1n) is 6.66. The number of aromatic nitrogens is 2. The van der Waals surface area contributed by atoms with Gasteiger partial charge in [-0.15, -0.1) is 0 Å². The molecule has 0 bridgehead atoms.